The van der Waals surface area contributed by atoms with E-state index in [1.54, 1.807) is 18.2 Å². The van der Waals surface area contributed by atoms with Crippen molar-refractivity contribution in [1.29, 1.82) is 5.26 Å². The molecule has 0 amide bonds. The Hall–Kier alpha value is -2.20. The third-order valence-corrected chi connectivity index (χ3v) is 3.41. The van der Waals surface area contributed by atoms with Crippen molar-refractivity contribution in [3.8, 4) is 6.07 Å². The Morgan fingerprint density at radius 2 is 1.75 bits per heavy atom. The lowest BCUT2D eigenvalue weighted by molar-refractivity contribution is -0.384. The highest BCUT2D eigenvalue weighted by Crippen LogP contribution is 2.20. The molecule has 5 heteroatoms. The van der Waals surface area contributed by atoms with Gasteiger partial charge in [-0.25, -0.2) is 0 Å². The molecule has 20 heavy (non-hydrogen) atoms. The Morgan fingerprint density at radius 3 is 2.25 bits per heavy atom. The van der Waals surface area contributed by atoms with Crippen molar-refractivity contribution in [2.24, 2.45) is 0 Å². The first-order valence-electron chi connectivity index (χ1n) is 5.72. The number of benzene rings is 2. The number of halogens is 1. The standard InChI is InChI=1S/C15H9IN2O2/c16-14-5-3-12(4-6-14)13(10-17)9-11-1-7-15(8-2-11)18(19)20/h1-9H. The SMILES string of the molecule is N#CC(=Cc1ccc([N+](=O)[O-])cc1)c1ccc(I)cc1. The molecule has 0 aromatic heterocycles. The molecular weight excluding hydrogens is 367 g/mol. The molecule has 98 valence electrons. The Labute approximate surface area is 129 Å². The summed E-state index contributed by atoms with van der Waals surface area (Å²) >= 11 is 2.20. The third kappa shape index (κ3) is 3.42. The lowest BCUT2D eigenvalue weighted by atomic mass is 10.0. The van der Waals surface area contributed by atoms with Gasteiger partial charge in [-0.3, -0.25) is 10.1 Å². The Balaban J connectivity index is 2.34. The summed E-state index contributed by atoms with van der Waals surface area (Å²) in [5.74, 6) is 0. The van der Waals surface area contributed by atoms with E-state index in [1.165, 1.54) is 12.1 Å². The van der Waals surface area contributed by atoms with Crippen LogP contribution >= 0.6 is 22.6 Å². The van der Waals surface area contributed by atoms with Gasteiger partial charge in [-0.15, -0.1) is 0 Å². The number of nitro benzene ring substituents is 1. The van der Waals surface area contributed by atoms with Gasteiger partial charge in [0.2, 0.25) is 0 Å². The number of hydrogen-bond acceptors (Lipinski definition) is 3. The second-order valence-corrected chi connectivity index (χ2v) is 5.27. The van der Waals surface area contributed by atoms with Gasteiger partial charge in [-0.2, -0.15) is 5.26 Å². The van der Waals surface area contributed by atoms with Crippen LogP contribution in [0.4, 0.5) is 5.69 Å². The number of nitriles is 1. The molecule has 0 atom stereocenters. The molecule has 0 saturated carbocycles. The van der Waals surface area contributed by atoms with Gasteiger partial charge in [-0.05, 0) is 64.1 Å². The lowest BCUT2D eigenvalue weighted by Gasteiger charge is -2.00. The minimum Gasteiger partial charge on any atom is -0.258 e. The van der Waals surface area contributed by atoms with Gasteiger partial charge < -0.3 is 0 Å². The van der Waals surface area contributed by atoms with Gasteiger partial charge in [0.25, 0.3) is 5.69 Å². The van der Waals surface area contributed by atoms with E-state index in [-0.39, 0.29) is 5.69 Å². The molecule has 0 aliphatic carbocycles. The summed E-state index contributed by atoms with van der Waals surface area (Å²) in [6.45, 7) is 0. The van der Waals surface area contributed by atoms with E-state index in [2.05, 4.69) is 28.7 Å². The van der Waals surface area contributed by atoms with Gasteiger partial charge in [0.1, 0.15) is 0 Å². The molecule has 2 aromatic rings. The fourth-order valence-corrected chi connectivity index (χ4v) is 2.03. The Bertz CT molecular complexity index is 698. The third-order valence-electron chi connectivity index (χ3n) is 2.69. The van der Waals surface area contributed by atoms with Crippen LogP contribution in [0.25, 0.3) is 11.6 Å². The van der Waals surface area contributed by atoms with E-state index in [9.17, 15) is 15.4 Å². The Kier molecular flexibility index (Phi) is 4.48. The minimum absolute atomic E-state index is 0.0370. The van der Waals surface area contributed by atoms with Gasteiger partial charge in [0.05, 0.1) is 16.6 Å². The summed E-state index contributed by atoms with van der Waals surface area (Å²) in [4.78, 5) is 10.1. The zero-order valence-electron chi connectivity index (χ0n) is 10.3. The van der Waals surface area contributed by atoms with Gasteiger partial charge in [-0.1, -0.05) is 12.1 Å². The fourth-order valence-electron chi connectivity index (χ4n) is 1.67. The van der Waals surface area contributed by atoms with Crippen molar-refractivity contribution in [3.05, 3.63) is 73.3 Å². The summed E-state index contributed by atoms with van der Waals surface area (Å²) in [5, 5.41) is 19.8. The van der Waals surface area contributed by atoms with Gasteiger partial charge >= 0.3 is 0 Å². The molecule has 2 rings (SSSR count). The van der Waals surface area contributed by atoms with Crippen molar-refractivity contribution in [3.63, 3.8) is 0 Å². The summed E-state index contributed by atoms with van der Waals surface area (Å²) in [6, 6.07) is 15.9. The highest BCUT2D eigenvalue weighted by atomic mass is 127. The normalized spacial score (nSPS) is 10.9. The van der Waals surface area contributed by atoms with Crippen LogP contribution in [0, 0.1) is 25.0 Å². The first-order chi connectivity index (χ1) is 9.60. The lowest BCUT2D eigenvalue weighted by Crippen LogP contribution is -1.87. The molecule has 0 unspecified atom stereocenters. The maximum absolute atomic E-state index is 10.6. The molecule has 0 heterocycles. The minimum atomic E-state index is -0.447. The molecular formula is C15H9IN2O2. The van der Waals surface area contributed by atoms with Crippen LogP contribution in [0.15, 0.2) is 48.5 Å². The van der Waals surface area contributed by atoms with Crippen molar-refractivity contribution >= 4 is 39.9 Å². The zero-order valence-corrected chi connectivity index (χ0v) is 12.4. The second kappa shape index (κ2) is 6.30. The molecule has 0 saturated heterocycles. The van der Waals surface area contributed by atoms with E-state index in [1.807, 2.05) is 24.3 Å². The average Bonchev–Trinajstić information content (AvgIpc) is 2.46. The van der Waals surface area contributed by atoms with Crippen LogP contribution in [-0.4, -0.2) is 4.92 Å². The maximum atomic E-state index is 10.6. The van der Waals surface area contributed by atoms with E-state index in [4.69, 9.17) is 0 Å². The average molecular weight is 376 g/mol. The predicted molar refractivity (Wildman–Crippen MR) is 85.7 cm³/mol. The van der Waals surface area contributed by atoms with Crippen molar-refractivity contribution in [2.75, 3.05) is 0 Å². The second-order valence-electron chi connectivity index (χ2n) is 4.03. The van der Waals surface area contributed by atoms with Crippen molar-refractivity contribution in [2.45, 2.75) is 0 Å². The van der Waals surface area contributed by atoms with E-state index in [0.29, 0.717) is 5.57 Å². The molecule has 0 bridgehead atoms. The topological polar surface area (TPSA) is 66.9 Å². The van der Waals surface area contributed by atoms with E-state index >= 15 is 0 Å². The number of hydrogen-bond donors (Lipinski definition) is 0. The van der Waals surface area contributed by atoms with Gasteiger partial charge in [0.15, 0.2) is 0 Å². The molecule has 2 aromatic carbocycles. The summed E-state index contributed by atoms with van der Waals surface area (Å²) in [7, 11) is 0. The van der Waals surface area contributed by atoms with Crippen LogP contribution in [0.1, 0.15) is 11.1 Å². The van der Waals surface area contributed by atoms with Crippen LogP contribution in [0.2, 0.25) is 0 Å². The quantitative estimate of drug-likeness (QED) is 0.264. The van der Waals surface area contributed by atoms with Crippen LogP contribution in [0.3, 0.4) is 0 Å². The van der Waals surface area contributed by atoms with E-state index in [0.717, 1.165) is 14.7 Å². The summed E-state index contributed by atoms with van der Waals surface area (Å²) in [5.41, 5.74) is 2.14. The monoisotopic (exact) mass is 376 g/mol. The van der Waals surface area contributed by atoms with Crippen molar-refractivity contribution in [1.82, 2.24) is 0 Å². The smallest absolute Gasteiger partial charge is 0.258 e. The molecule has 0 aliphatic rings. The highest BCUT2D eigenvalue weighted by Gasteiger charge is 2.04. The predicted octanol–water partition coefficient (Wildman–Crippen LogP) is 4.26. The first kappa shape index (κ1) is 14.2. The highest BCUT2D eigenvalue weighted by molar-refractivity contribution is 14.1. The van der Waals surface area contributed by atoms with E-state index < -0.39 is 4.92 Å². The number of allylic oxidation sites excluding steroid dienone is 1. The zero-order chi connectivity index (χ0) is 14.5. The molecule has 0 aliphatic heterocycles. The summed E-state index contributed by atoms with van der Waals surface area (Å²) < 4.78 is 1.10. The molecule has 0 spiro atoms. The van der Waals surface area contributed by atoms with Crippen molar-refractivity contribution < 1.29 is 4.92 Å². The van der Waals surface area contributed by atoms with Gasteiger partial charge in [0, 0.05) is 15.7 Å². The molecule has 0 fully saturated rings. The van der Waals surface area contributed by atoms with Crippen LogP contribution in [0.5, 0.6) is 0 Å². The number of nitrogens with zero attached hydrogens (tertiary/aromatic N) is 2. The largest absolute Gasteiger partial charge is 0.269 e. The number of rotatable bonds is 3. The molecule has 4 nitrogen and oxygen atoms in total. The van der Waals surface area contributed by atoms with Crippen LogP contribution < -0.4 is 0 Å². The fraction of sp³-hybridized carbons (Fsp3) is 0. The Morgan fingerprint density at radius 1 is 1.15 bits per heavy atom. The maximum Gasteiger partial charge on any atom is 0.269 e. The molecule has 0 N–H and O–H groups in total. The number of nitro groups is 1. The number of non-ortho nitro benzene ring substituents is 1. The van der Waals surface area contributed by atoms with Crippen LogP contribution in [-0.2, 0) is 0 Å². The molecule has 0 radical (unpaired) electrons. The first-order valence-corrected chi connectivity index (χ1v) is 6.80. The summed E-state index contributed by atoms with van der Waals surface area (Å²) in [6.07, 6.45) is 1.71.